The lowest BCUT2D eigenvalue weighted by molar-refractivity contribution is 0.223. The lowest BCUT2D eigenvalue weighted by Crippen LogP contribution is -2.00. The smallest absolute Gasteiger partial charge is 0.107 e. The van der Waals surface area contributed by atoms with Crippen LogP contribution in [0.15, 0.2) is 170 Å². The maximum atomic E-state index is 11.3. The van der Waals surface area contributed by atoms with Crippen molar-refractivity contribution < 1.29 is 15.3 Å². The molecule has 0 saturated carbocycles. The van der Waals surface area contributed by atoms with E-state index in [9.17, 15) is 5.11 Å². The van der Waals surface area contributed by atoms with Crippen LogP contribution >= 0.6 is 0 Å². The Morgan fingerprint density at radius 2 is 0.724 bits per heavy atom. The van der Waals surface area contributed by atoms with Crippen LogP contribution in [0.1, 0.15) is 41.2 Å². The monoisotopic (exact) mass is 756 g/mol. The standard InChI is InChI=1S/C26H19N.C25H17NO.2CH4O/c1-16(23-15-27-24-8-3-2-7-21(23)24)20-13-11-19-10-9-17-5-4-6-18-12-14-22(20)26(19)25(17)18;27-25(21-14-26-22-7-2-1-6-18(21)22)20-13-11-17-9-8-15-4-3-5-16-10-12-19(20)24(17)23(15)16;2*1-2/h2-16,27H,1H3;1-14,25-27H;2*2H,1H3. The van der Waals surface area contributed by atoms with E-state index in [1.807, 2.05) is 24.4 Å². The van der Waals surface area contributed by atoms with Crippen LogP contribution in [0.3, 0.4) is 0 Å². The molecule has 12 rings (SSSR count). The molecular weight excluding hydrogens is 713 g/mol. The molecule has 0 fully saturated rings. The van der Waals surface area contributed by atoms with Crippen LogP contribution in [0, 0.1) is 0 Å². The fraction of sp³-hybridized carbons (Fsp3) is 0.0943. The van der Waals surface area contributed by atoms with Crippen molar-refractivity contribution in [3.05, 3.63) is 192 Å². The van der Waals surface area contributed by atoms with Crippen molar-refractivity contribution in [3.8, 4) is 0 Å². The second kappa shape index (κ2) is 15.3. The highest BCUT2D eigenvalue weighted by Gasteiger charge is 2.20. The van der Waals surface area contributed by atoms with Gasteiger partial charge in [-0.3, -0.25) is 0 Å². The van der Waals surface area contributed by atoms with Crippen molar-refractivity contribution in [3.63, 3.8) is 0 Å². The molecule has 2 unspecified atom stereocenters. The molecule has 0 bridgehead atoms. The fourth-order valence-electron chi connectivity index (χ4n) is 9.24. The van der Waals surface area contributed by atoms with Gasteiger partial charge in [0.25, 0.3) is 0 Å². The van der Waals surface area contributed by atoms with Crippen LogP contribution in [0.4, 0.5) is 0 Å². The van der Waals surface area contributed by atoms with E-state index in [-0.39, 0.29) is 0 Å². The summed E-state index contributed by atoms with van der Waals surface area (Å²) in [7, 11) is 2.00. The van der Waals surface area contributed by atoms with Gasteiger partial charge in [0.15, 0.2) is 0 Å². The lowest BCUT2D eigenvalue weighted by Gasteiger charge is -2.18. The highest BCUT2D eigenvalue weighted by molar-refractivity contribution is 6.24. The second-order valence-electron chi connectivity index (χ2n) is 14.7. The van der Waals surface area contributed by atoms with Crippen LogP contribution in [0.2, 0.25) is 0 Å². The van der Waals surface area contributed by atoms with Gasteiger partial charge in [-0.1, -0.05) is 153 Å². The molecular formula is C53H44N2O3. The highest BCUT2D eigenvalue weighted by atomic mass is 16.3. The number of hydrogen-bond acceptors (Lipinski definition) is 3. The first-order valence-electron chi connectivity index (χ1n) is 19.6. The minimum absolute atomic E-state index is 0.325. The van der Waals surface area contributed by atoms with Crippen molar-refractivity contribution in [1.29, 1.82) is 0 Å². The molecule has 0 aliphatic carbocycles. The molecule has 0 aliphatic heterocycles. The fourth-order valence-corrected chi connectivity index (χ4v) is 9.24. The highest BCUT2D eigenvalue weighted by Crippen LogP contribution is 2.42. The summed E-state index contributed by atoms with van der Waals surface area (Å²) >= 11 is 0. The van der Waals surface area contributed by atoms with E-state index < -0.39 is 6.10 Å². The van der Waals surface area contributed by atoms with E-state index in [1.54, 1.807) is 0 Å². The Hall–Kier alpha value is -6.76. The SMILES string of the molecule is CC(c1c[nH]c2ccccc12)c1ccc2ccc3cccc4ccc1c2c34.CO.CO.OC(c1c[nH]c2ccccc12)c1ccc2ccc3cccc4ccc1c2c34. The van der Waals surface area contributed by atoms with Gasteiger partial charge in [-0.25, -0.2) is 0 Å². The van der Waals surface area contributed by atoms with Crippen LogP contribution in [-0.2, 0) is 0 Å². The topological polar surface area (TPSA) is 92.3 Å². The predicted octanol–water partition coefficient (Wildman–Crippen LogP) is 12.6. The minimum atomic E-state index is -0.675. The summed E-state index contributed by atoms with van der Waals surface area (Å²) in [5.74, 6) is 0.325. The van der Waals surface area contributed by atoms with Crippen molar-refractivity contribution in [2.75, 3.05) is 14.2 Å². The Bertz CT molecular complexity index is 3080. The third-order valence-electron chi connectivity index (χ3n) is 11.9. The number of rotatable bonds is 4. The number of aliphatic hydroxyl groups excluding tert-OH is 3. The largest absolute Gasteiger partial charge is 0.400 e. The van der Waals surface area contributed by atoms with Crippen molar-refractivity contribution in [2.45, 2.75) is 18.9 Å². The van der Waals surface area contributed by atoms with Crippen molar-refractivity contribution >= 4 is 86.4 Å². The molecule has 5 nitrogen and oxygen atoms in total. The summed E-state index contributed by atoms with van der Waals surface area (Å²) in [5.41, 5.74) is 6.87. The lowest BCUT2D eigenvalue weighted by atomic mass is 9.85. The van der Waals surface area contributed by atoms with Crippen LogP contribution in [0.5, 0.6) is 0 Å². The molecule has 0 radical (unpaired) electrons. The number of fused-ring (bicyclic) bond motifs is 2. The average Bonchev–Trinajstić information content (AvgIpc) is 3.94. The Morgan fingerprint density at radius 1 is 0.345 bits per heavy atom. The van der Waals surface area contributed by atoms with E-state index >= 15 is 0 Å². The zero-order valence-corrected chi connectivity index (χ0v) is 32.7. The number of H-pyrrole nitrogens is 2. The van der Waals surface area contributed by atoms with Crippen LogP contribution in [0.25, 0.3) is 86.4 Å². The summed E-state index contributed by atoms with van der Waals surface area (Å²) in [6.07, 6.45) is 3.42. The van der Waals surface area contributed by atoms with E-state index in [1.165, 1.54) is 81.3 Å². The Kier molecular flexibility index (Phi) is 9.72. The zero-order valence-electron chi connectivity index (χ0n) is 32.7. The number of para-hydroxylation sites is 2. The van der Waals surface area contributed by atoms with Gasteiger partial charge in [-0.2, -0.15) is 0 Å². The third-order valence-corrected chi connectivity index (χ3v) is 11.9. The third kappa shape index (κ3) is 5.91. The number of aromatic nitrogens is 2. The van der Waals surface area contributed by atoms with Gasteiger partial charge in [0, 0.05) is 59.9 Å². The molecule has 0 spiro atoms. The molecule has 12 aromatic rings. The number of aromatic amines is 2. The second-order valence-corrected chi connectivity index (χ2v) is 14.7. The average molecular weight is 757 g/mol. The van der Waals surface area contributed by atoms with Gasteiger partial charge in [0.05, 0.1) is 0 Å². The molecule has 2 atom stereocenters. The van der Waals surface area contributed by atoms with Gasteiger partial charge in [0.1, 0.15) is 6.10 Å². The van der Waals surface area contributed by atoms with E-state index in [0.717, 1.165) is 41.6 Å². The molecule has 0 saturated heterocycles. The Labute approximate surface area is 336 Å². The molecule has 0 aliphatic rings. The first-order valence-corrected chi connectivity index (χ1v) is 19.6. The summed E-state index contributed by atoms with van der Waals surface area (Å²) in [4.78, 5) is 6.71. The Balaban J connectivity index is 0.000000139. The molecule has 2 aromatic heterocycles. The predicted molar refractivity (Wildman–Crippen MR) is 245 cm³/mol. The summed E-state index contributed by atoms with van der Waals surface area (Å²) in [6.45, 7) is 2.32. The first-order chi connectivity index (χ1) is 28.6. The maximum Gasteiger partial charge on any atom is 0.107 e. The van der Waals surface area contributed by atoms with E-state index in [4.69, 9.17) is 10.2 Å². The normalized spacial score (nSPS) is 12.5. The number of hydrogen-bond donors (Lipinski definition) is 5. The first kappa shape index (κ1) is 36.9. The summed E-state index contributed by atoms with van der Waals surface area (Å²) < 4.78 is 0. The van der Waals surface area contributed by atoms with E-state index in [0.29, 0.717) is 5.92 Å². The molecule has 2 heterocycles. The molecule has 5 N–H and O–H groups in total. The Morgan fingerprint density at radius 3 is 1.24 bits per heavy atom. The molecule has 0 amide bonds. The molecule has 58 heavy (non-hydrogen) atoms. The van der Waals surface area contributed by atoms with Gasteiger partial charge >= 0.3 is 0 Å². The molecule has 10 aromatic carbocycles. The van der Waals surface area contributed by atoms with Gasteiger partial charge in [-0.05, 0) is 93.5 Å². The molecule has 5 heteroatoms. The summed E-state index contributed by atoms with van der Waals surface area (Å²) in [6, 6.07) is 56.2. The number of benzene rings is 10. The van der Waals surface area contributed by atoms with Crippen LogP contribution < -0.4 is 0 Å². The van der Waals surface area contributed by atoms with E-state index in [2.05, 4.69) is 163 Å². The van der Waals surface area contributed by atoms with Crippen molar-refractivity contribution in [1.82, 2.24) is 9.97 Å². The van der Waals surface area contributed by atoms with Crippen LogP contribution in [-0.4, -0.2) is 39.5 Å². The maximum absolute atomic E-state index is 11.3. The minimum Gasteiger partial charge on any atom is -0.400 e. The zero-order chi connectivity index (χ0) is 39.9. The quantitative estimate of drug-likeness (QED) is 0.116. The number of nitrogens with one attached hydrogen (secondary N) is 2. The molecule has 284 valence electrons. The van der Waals surface area contributed by atoms with Crippen molar-refractivity contribution in [2.24, 2.45) is 0 Å². The number of aliphatic hydroxyl groups is 3. The summed E-state index contributed by atoms with van der Waals surface area (Å²) in [5, 5.41) is 43.1. The van der Waals surface area contributed by atoms with Gasteiger partial charge in [0.2, 0.25) is 0 Å². The van der Waals surface area contributed by atoms with Gasteiger partial charge < -0.3 is 25.3 Å². The van der Waals surface area contributed by atoms with Gasteiger partial charge in [-0.15, -0.1) is 0 Å².